The summed E-state index contributed by atoms with van der Waals surface area (Å²) in [5, 5.41) is 0. The van der Waals surface area contributed by atoms with E-state index in [0.717, 1.165) is 6.54 Å². The lowest BCUT2D eigenvalue weighted by molar-refractivity contribution is 0.252. The van der Waals surface area contributed by atoms with E-state index < -0.39 is 0 Å². The first kappa shape index (κ1) is 14.6. The van der Waals surface area contributed by atoms with Crippen LogP contribution in [0.4, 0.5) is 0 Å². The minimum atomic E-state index is -0.0304. The van der Waals surface area contributed by atoms with Gasteiger partial charge in [-0.15, -0.1) is 0 Å². The largest absolute Gasteiger partial charge is 0.496 e. The molecular formula is C13H22N2O3. The molecule has 5 heteroatoms. The van der Waals surface area contributed by atoms with Crippen molar-refractivity contribution in [3.05, 3.63) is 18.2 Å². The Bertz CT molecular complexity index is 347. The smallest absolute Gasteiger partial charge is 0.126 e. The Balaban J connectivity index is 2.60. The van der Waals surface area contributed by atoms with E-state index in [1.165, 1.54) is 0 Å². The second-order valence-electron chi connectivity index (χ2n) is 4.38. The van der Waals surface area contributed by atoms with E-state index in [0.29, 0.717) is 23.9 Å². The molecule has 0 saturated carbocycles. The first-order valence-corrected chi connectivity index (χ1v) is 5.81. The average Bonchev–Trinajstić information content (AvgIpc) is 2.35. The molecule has 1 atom stereocenters. The van der Waals surface area contributed by atoms with Crippen molar-refractivity contribution in [2.75, 3.05) is 41.5 Å². The summed E-state index contributed by atoms with van der Waals surface area (Å²) < 4.78 is 16.0. The first-order valence-electron chi connectivity index (χ1n) is 5.81. The van der Waals surface area contributed by atoms with Gasteiger partial charge in [0.25, 0.3) is 0 Å². The zero-order valence-electron chi connectivity index (χ0n) is 11.5. The molecule has 0 aliphatic carbocycles. The molecule has 0 heterocycles. The first-order chi connectivity index (χ1) is 8.55. The van der Waals surface area contributed by atoms with E-state index in [-0.39, 0.29) is 6.04 Å². The van der Waals surface area contributed by atoms with Crippen molar-refractivity contribution in [1.29, 1.82) is 0 Å². The number of ether oxygens (including phenoxy) is 3. The molecule has 1 unspecified atom stereocenters. The quantitative estimate of drug-likeness (QED) is 0.786. The minimum absolute atomic E-state index is 0.0304. The molecule has 5 nitrogen and oxygen atoms in total. The van der Waals surface area contributed by atoms with E-state index in [1.807, 2.05) is 31.1 Å². The maximum atomic E-state index is 5.93. The second-order valence-corrected chi connectivity index (χ2v) is 4.38. The highest BCUT2D eigenvalue weighted by molar-refractivity contribution is 5.41. The molecular weight excluding hydrogens is 232 g/mol. The van der Waals surface area contributed by atoms with E-state index >= 15 is 0 Å². The van der Waals surface area contributed by atoms with Gasteiger partial charge in [0.15, 0.2) is 0 Å². The van der Waals surface area contributed by atoms with Gasteiger partial charge in [-0.2, -0.15) is 0 Å². The Morgan fingerprint density at radius 3 is 2.00 bits per heavy atom. The number of likely N-dealkylation sites (N-methyl/N-ethyl adjacent to an activating group) is 1. The normalized spacial score (nSPS) is 12.3. The molecule has 2 N–H and O–H groups in total. The molecule has 1 aromatic carbocycles. The summed E-state index contributed by atoms with van der Waals surface area (Å²) in [5.41, 5.74) is 5.93. The van der Waals surface area contributed by atoms with Crippen molar-refractivity contribution >= 4 is 0 Å². The zero-order valence-corrected chi connectivity index (χ0v) is 11.5. The van der Waals surface area contributed by atoms with Crippen LogP contribution in [0.3, 0.4) is 0 Å². The molecule has 102 valence electrons. The van der Waals surface area contributed by atoms with Crippen LogP contribution in [0.5, 0.6) is 17.2 Å². The average molecular weight is 254 g/mol. The van der Waals surface area contributed by atoms with Crippen molar-refractivity contribution in [3.63, 3.8) is 0 Å². The molecule has 0 radical (unpaired) electrons. The number of nitrogens with zero attached hydrogens (tertiary/aromatic N) is 1. The summed E-state index contributed by atoms with van der Waals surface area (Å²) in [6, 6.07) is 5.39. The predicted molar refractivity (Wildman–Crippen MR) is 71.6 cm³/mol. The fourth-order valence-electron chi connectivity index (χ4n) is 1.59. The third kappa shape index (κ3) is 4.81. The fraction of sp³-hybridized carbons (Fsp3) is 0.538. The van der Waals surface area contributed by atoms with Gasteiger partial charge in [-0.25, -0.2) is 0 Å². The lowest BCUT2D eigenvalue weighted by atomic mass is 10.3. The van der Waals surface area contributed by atoms with Gasteiger partial charge < -0.3 is 24.8 Å². The van der Waals surface area contributed by atoms with Gasteiger partial charge in [-0.05, 0) is 14.1 Å². The maximum absolute atomic E-state index is 5.93. The Morgan fingerprint density at radius 1 is 1.06 bits per heavy atom. The minimum Gasteiger partial charge on any atom is -0.496 e. The SMILES string of the molecule is COc1cc(OC)cc(OCC(N)CN(C)C)c1. The number of rotatable bonds is 7. The fourth-order valence-corrected chi connectivity index (χ4v) is 1.59. The van der Waals surface area contributed by atoms with Gasteiger partial charge in [0, 0.05) is 24.7 Å². The van der Waals surface area contributed by atoms with Gasteiger partial charge in [-0.3, -0.25) is 0 Å². The van der Waals surface area contributed by atoms with Crippen LogP contribution < -0.4 is 19.9 Å². The molecule has 18 heavy (non-hydrogen) atoms. The standard InChI is InChI=1S/C13H22N2O3/c1-15(2)8-10(14)9-18-13-6-11(16-3)5-12(7-13)17-4/h5-7,10H,8-9,14H2,1-4H3. The van der Waals surface area contributed by atoms with Crippen LogP contribution in [0.1, 0.15) is 0 Å². The third-order valence-corrected chi connectivity index (χ3v) is 2.39. The van der Waals surface area contributed by atoms with Gasteiger partial charge in [0.05, 0.1) is 20.3 Å². The Morgan fingerprint density at radius 2 is 1.56 bits per heavy atom. The predicted octanol–water partition coefficient (Wildman–Crippen LogP) is 0.972. The molecule has 1 rings (SSSR count). The Labute approximate surface area is 108 Å². The van der Waals surface area contributed by atoms with Crippen LogP contribution in [-0.4, -0.2) is 52.4 Å². The van der Waals surface area contributed by atoms with Crippen LogP contribution >= 0.6 is 0 Å². The topological polar surface area (TPSA) is 57.0 Å². The van der Waals surface area contributed by atoms with Gasteiger partial charge >= 0.3 is 0 Å². The zero-order chi connectivity index (χ0) is 13.5. The van der Waals surface area contributed by atoms with E-state index in [9.17, 15) is 0 Å². The molecule has 1 aromatic rings. The number of benzene rings is 1. The monoisotopic (exact) mass is 254 g/mol. The molecule has 0 bridgehead atoms. The molecule has 0 aliphatic rings. The number of nitrogens with two attached hydrogens (primary N) is 1. The van der Waals surface area contributed by atoms with Gasteiger partial charge in [0.1, 0.15) is 23.9 Å². The van der Waals surface area contributed by atoms with Crippen LogP contribution in [0.15, 0.2) is 18.2 Å². The highest BCUT2D eigenvalue weighted by atomic mass is 16.5. The summed E-state index contributed by atoms with van der Waals surface area (Å²) in [7, 11) is 7.18. The van der Waals surface area contributed by atoms with Crippen LogP contribution in [0, 0.1) is 0 Å². The van der Waals surface area contributed by atoms with E-state index in [4.69, 9.17) is 19.9 Å². The van der Waals surface area contributed by atoms with Crippen molar-refractivity contribution in [1.82, 2.24) is 4.90 Å². The summed E-state index contributed by atoms with van der Waals surface area (Å²) in [6.07, 6.45) is 0. The van der Waals surface area contributed by atoms with Gasteiger partial charge in [-0.1, -0.05) is 0 Å². The number of hydrogen-bond donors (Lipinski definition) is 1. The highest BCUT2D eigenvalue weighted by Crippen LogP contribution is 2.27. The van der Waals surface area contributed by atoms with Crippen molar-refractivity contribution in [2.45, 2.75) is 6.04 Å². The van der Waals surface area contributed by atoms with Gasteiger partial charge in [0.2, 0.25) is 0 Å². The summed E-state index contributed by atoms with van der Waals surface area (Å²) in [6.45, 7) is 1.23. The van der Waals surface area contributed by atoms with Crippen molar-refractivity contribution < 1.29 is 14.2 Å². The number of methoxy groups -OCH3 is 2. The molecule has 0 aliphatic heterocycles. The van der Waals surface area contributed by atoms with Crippen LogP contribution in [-0.2, 0) is 0 Å². The Kier molecular flexibility index (Phi) is 5.74. The molecule has 0 spiro atoms. The molecule has 0 aromatic heterocycles. The molecule has 0 saturated heterocycles. The maximum Gasteiger partial charge on any atom is 0.126 e. The van der Waals surface area contributed by atoms with E-state index in [1.54, 1.807) is 20.3 Å². The third-order valence-electron chi connectivity index (χ3n) is 2.39. The second kappa shape index (κ2) is 7.08. The lowest BCUT2D eigenvalue weighted by Crippen LogP contribution is -2.37. The lowest BCUT2D eigenvalue weighted by Gasteiger charge is -2.18. The molecule has 0 amide bonds. The summed E-state index contributed by atoms with van der Waals surface area (Å²) in [5.74, 6) is 2.09. The van der Waals surface area contributed by atoms with Crippen molar-refractivity contribution in [2.24, 2.45) is 5.73 Å². The number of hydrogen-bond acceptors (Lipinski definition) is 5. The highest BCUT2D eigenvalue weighted by Gasteiger charge is 2.07. The van der Waals surface area contributed by atoms with Crippen LogP contribution in [0.25, 0.3) is 0 Å². The summed E-state index contributed by atoms with van der Waals surface area (Å²) in [4.78, 5) is 2.03. The van der Waals surface area contributed by atoms with E-state index in [2.05, 4.69) is 0 Å². The summed E-state index contributed by atoms with van der Waals surface area (Å²) >= 11 is 0. The molecule has 0 fully saturated rings. The Hall–Kier alpha value is -1.46. The van der Waals surface area contributed by atoms with Crippen molar-refractivity contribution in [3.8, 4) is 17.2 Å². The van der Waals surface area contributed by atoms with Crippen LogP contribution in [0.2, 0.25) is 0 Å².